The monoisotopic (exact) mass is 321 g/mol. The molecule has 1 aromatic heterocycles. The summed E-state index contributed by atoms with van der Waals surface area (Å²) in [5.41, 5.74) is -0.219. The standard InChI is InChI=1S/C15H16FN3O4/c1-22-12-5-3-4-10(13(12)16)14(20)18-11(15(21)23-2)8-19-7-6-17-9-19/h3-7,9,11H,8H2,1-2H3,(H,18,20). The minimum Gasteiger partial charge on any atom is -0.494 e. The molecule has 2 aromatic rings. The Morgan fingerprint density at radius 3 is 2.78 bits per heavy atom. The lowest BCUT2D eigenvalue weighted by Gasteiger charge is -2.17. The van der Waals surface area contributed by atoms with Crippen molar-refractivity contribution in [2.75, 3.05) is 14.2 Å². The maximum absolute atomic E-state index is 14.1. The van der Waals surface area contributed by atoms with Crippen molar-refractivity contribution in [1.29, 1.82) is 0 Å². The number of imidazole rings is 1. The smallest absolute Gasteiger partial charge is 0.330 e. The summed E-state index contributed by atoms with van der Waals surface area (Å²) in [5, 5.41) is 2.46. The van der Waals surface area contributed by atoms with Crippen LogP contribution in [0.25, 0.3) is 0 Å². The van der Waals surface area contributed by atoms with Gasteiger partial charge in [0.25, 0.3) is 5.91 Å². The van der Waals surface area contributed by atoms with Gasteiger partial charge in [-0.2, -0.15) is 0 Å². The number of amides is 1. The number of nitrogens with one attached hydrogen (secondary N) is 1. The van der Waals surface area contributed by atoms with E-state index < -0.39 is 23.7 Å². The molecule has 1 atom stereocenters. The third-order valence-electron chi connectivity index (χ3n) is 3.17. The summed E-state index contributed by atoms with van der Waals surface area (Å²) in [6, 6.07) is 3.21. The third-order valence-corrected chi connectivity index (χ3v) is 3.17. The second kappa shape index (κ2) is 7.39. The highest BCUT2D eigenvalue weighted by atomic mass is 19.1. The highest BCUT2D eigenvalue weighted by molar-refractivity contribution is 5.97. The van der Waals surface area contributed by atoms with Crippen LogP contribution in [0.1, 0.15) is 10.4 Å². The van der Waals surface area contributed by atoms with Crippen LogP contribution in [0.5, 0.6) is 5.75 Å². The normalized spacial score (nSPS) is 11.6. The van der Waals surface area contributed by atoms with E-state index in [1.165, 1.54) is 44.9 Å². The van der Waals surface area contributed by atoms with Crippen LogP contribution in [0, 0.1) is 5.82 Å². The third kappa shape index (κ3) is 3.85. The number of nitrogens with zero attached hydrogens (tertiary/aromatic N) is 2. The molecule has 0 bridgehead atoms. The Morgan fingerprint density at radius 2 is 2.17 bits per heavy atom. The van der Waals surface area contributed by atoms with Crippen LogP contribution in [0.3, 0.4) is 0 Å². The van der Waals surface area contributed by atoms with E-state index in [-0.39, 0.29) is 17.9 Å². The van der Waals surface area contributed by atoms with Gasteiger partial charge in [-0.15, -0.1) is 0 Å². The summed E-state index contributed by atoms with van der Waals surface area (Å²) in [5.74, 6) is -2.23. The first-order valence-electron chi connectivity index (χ1n) is 6.73. The van der Waals surface area contributed by atoms with Crippen LogP contribution in [0.15, 0.2) is 36.9 Å². The number of halogens is 1. The number of hydrogen-bond acceptors (Lipinski definition) is 5. The molecule has 1 amide bonds. The fourth-order valence-corrected chi connectivity index (χ4v) is 2.01. The SMILES string of the molecule is COC(=O)C(Cn1ccnc1)NC(=O)c1cccc(OC)c1F. The molecule has 0 fully saturated rings. The van der Waals surface area contributed by atoms with Crippen LogP contribution in [-0.2, 0) is 16.1 Å². The van der Waals surface area contributed by atoms with E-state index in [4.69, 9.17) is 4.74 Å². The summed E-state index contributed by atoms with van der Waals surface area (Å²) in [6.45, 7) is 0.115. The summed E-state index contributed by atoms with van der Waals surface area (Å²) in [7, 11) is 2.51. The Balaban J connectivity index is 2.19. The van der Waals surface area contributed by atoms with E-state index in [0.29, 0.717) is 0 Å². The molecular weight excluding hydrogens is 305 g/mol. The first kappa shape index (κ1) is 16.5. The van der Waals surface area contributed by atoms with E-state index in [0.717, 1.165) is 0 Å². The topological polar surface area (TPSA) is 82.5 Å². The number of hydrogen-bond donors (Lipinski definition) is 1. The fourth-order valence-electron chi connectivity index (χ4n) is 2.01. The number of aromatic nitrogens is 2. The molecule has 0 saturated heterocycles. The zero-order chi connectivity index (χ0) is 16.8. The number of carbonyl (C=O) groups excluding carboxylic acids is 2. The van der Waals surface area contributed by atoms with Gasteiger partial charge >= 0.3 is 5.97 Å². The largest absolute Gasteiger partial charge is 0.494 e. The number of esters is 1. The average Bonchev–Trinajstić information content (AvgIpc) is 3.06. The predicted molar refractivity (Wildman–Crippen MR) is 78.4 cm³/mol. The fraction of sp³-hybridized carbons (Fsp3) is 0.267. The molecule has 0 radical (unpaired) electrons. The highest BCUT2D eigenvalue weighted by Gasteiger charge is 2.24. The second-order valence-corrected chi connectivity index (χ2v) is 4.63. The van der Waals surface area contributed by atoms with E-state index in [1.807, 2.05) is 0 Å². The molecule has 122 valence electrons. The van der Waals surface area contributed by atoms with Crippen LogP contribution in [-0.4, -0.2) is 41.7 Å². The molecule has 2 rings (SSSR count). The zero-order valence-corrected chi connectivity index (χ0v) is 12.7. The van der Waals surface area contributed by atoms with E-state index in [1.54, 1.807) is 10.8 Å². The number of methoxy groups -OCH3 is 2. The number of ether oxygens (including phenoxy) is 2. The molecule has 0 spiro atoms. The minimum absolute atomic E-state index is 0.0538. The van der Waals surface area contributed by atoms with Crippen molar-refractivity contribution in [1.82, 2.24) is 14.9 Å². The molecule has 1 unspecified atom stereocenters. The maximum atomic E-state index is 14.1. The lowest BCUT2D eigenvalue weighted by atomic mass is 10.1. The Kier molecular flexibility index (Phi) is 5.29. The molecule has 0 aliphatic rings. The summed E-state index contributed by atoms with van der Waals surface area (Å²) < 4.78 is 25.2. The Hall–Kier alpha value is -2.90. The van der Waals surface area contributed by atoms with Gasteiger partial charge in [0.15, 0.2) is 11.6 Å². The Labute approximate surface area is 132 Å². The lowest BCUT2D eigenvalue weighted by molar-refractivity contribution is -0.143. The Bertz CT molecular complexity index is 688. The molecule has 8 heteroatoms. The molecule has 7 nitrogen and oxygen atoms in total. The van der Waals surface area contributed by atoms with Gasteiger partial charge in [0.1, 0.15) is 6.04 Å². The molecule has 23 heavy (non-hydrogen) atoms. The summed E-state index contributed by atoms with van der Waals surface area (Å²) in [4.78, 5) is 27.9. The molecule has 0 aliphatic heterocycles. The minimum atomic E-state index is -0.979. The Morgan fingerprint density at radius 1 is 1.39 bits per heavy atom. The van der Waals surface area contributed by atoms with Gasteiger partial charge in [-0.25, -0.2) is 14.2 Å². The first-order valence-corrected chi connectivity index (χ1v) is 6.73. The van der Waals surface area contributed by atoms with Crippen LogP contribution in [0.2, 0.25) is 0 Å². The van der Waals surface area contributed by atoms with Gasteiger partial charge in [-0.3, -0.25) is 4.79 Å². The molecule has 1 aromatic carbocycles. The molecular formula is C15H16FN3O4. The average molecular weight is 321 g/mol. The van der Waals surface area contributed by atoms with Crippen molar-refractivity contribution in [2.24, 2.45) is 0 Å². The van der Waals surface area contributed by atoms with E-state index in [9.17, 15) is 14.0 Å². The van der Waals surface area contributed by atoms with Crippen LogP contribution >= 0.6 is 0 Å². The maximum Gasteiger partial charge on any atom is 0.330 e. The zero-order valence-electron chi connectivity index (χ0n) is 12.7. The molecule has 1 N–H and O–H groups in total. The number of benzene rings is 1. The van der Waals surface area contributed by atoms with Gasteiger partial charge in [-0.05, 0) is 12.1 Å². The predicted octanol–water partition coefficient (Wildman–Crippen LogP) is 1.00. The number of carbonyl (C=O) groups is 2. The van der Waals surface area contributed by atoms with Crippen LogP contribution in [0.4, 0.5) is 4.39 Å². The lowest BCUT2D eigenvalue weighted by Crippen LogP contribution is -2.44. The molecule has 1 heterocycles. The van der Waals surface area contributed by atoms with Gasteiger partial charge in [0.05, 0.1) is 32.7 Å². The van der Waals surface area contributed by atoms with Crippen molar-refractivity contribution in [2.45, 2.75) is 12.6 Å². The second-order valence-electron chi connectivity index (χ2n) is 4.63. The van der Waals surface area contributed by atoms with Gasteiger partial charge in [0, 0.05) is 12.4 Å². The van der Waals surface area contributed by atoms with Gasteiger partial charge in [0.2, 0.25) is 0 Å². The van der Waals surface area contributed by atoms with Crippen molar-refractivity contribution in [3.63, 3.8) is 0 Å². The van der Waals surface area contributed by atoms with Gasteiger partial charge < -0.3 is 19.4 Å². The van der Waals surface area contributed by atoms with Crippen molar-refractivity contribution >= 4 is 11.9 Å². The van der Waals surface area contributed by atoms with Crippen molar-refractivity contribution < 1.29 is 23.5 Å². The quantitative estimate of drug-likeness (QED) is 0.803. The highest BCUT2D eigenvalue weighted by Crippen LogP contribution is 2.19. The summed E-state index contributed by atoms with van der Waals surface area (Å²) in [6.07, 6.45) is 4.67. The molecule has 0 saturated carbocycles. The van der Waals surface area contributed by atoms with E-state index in [2.05, 4.69) is 15.0 Å². The van der Waals surface area contributed by atoms with E-state index >= 15 is 0 Å². The summed E-state index contributed by atoms with van der Waals surface area (Å²) >= 11 is 0. The van der Waals surface area contributed by atoms with Crippen molar-refractivity contribution in [3.05, 3.63) is 48.3 Å². The van der Waals surface area contributed by atoms with Gasteiger partial charge in [-0.1, -0.05) is 6.07 Å². The molecule has 0 aliphatic carbocycles. The number of rotatable bonds is 6. The first-order chi connectivity index (χ1) is 11.1. The van der Waals surface area contributed by atoms with Crippen LogP contribution < -0.4 is 10.1 Å². The van der Waals surface area contributed by atoms with Crippen molar-refractivity contribution in [3.8, 4) is 5.75 Å².